The molecule has 1 aromatic heterocycles. The Morgan fingerprint density at radius 2 is 1.86 bits per heavy atom. The third kappa shape index (κ3) is 4.72. The Balaban J connectivity index is 1.59. The Bertz CT molecular complexity index is 1600. The molecule has 3 aliphatic heterocycles. The van der Waals surface area contributed by atoms with Gasteiger partial charge in [0.15, 0.2) is 0 Å². The summed E-state index contributed by atoms with van der Waals surface area (Å²) in [5.74, 6) is -3.19. The molecule has 2 saturated heterocycles. The van der Waals surface area contributed by atoms with Crippen molar-refractivity contribution in [1.29, 1.82) is 5.26 Å². The van der Waals surface area contributed by atoms with Crippen LogP contribution in [0, 0.1) is 18.3 Å². The van der Waals surface area contributed by atoms with Gasteiger partial charge in [-0.1, -0.05) is 24.6 Å². The average molecular weight is 600 g/mol. The Kier molecular flexibility index (Phi) is 8.02. The van der Waals surface area contributed by atoms with E-state index in [0.29, 0.717) is 31.7 Å². The minimum absolute atomic E-state index is 0.0280. The number of rotatable bonds is 8. The van der Waals surface area contributed by atoms with Crippen LogP contribution in [0.4, 0.5) is 0 Å². The maximum absolute atomic E-state index is 13.9. The number of carbonyl (C=O) groups is 2. The maximum atomic E-state index is 13.9. The first-order chi connectivity index (χ1) is 20.0. The fraction of sp³-hybridized carbons (Fsp3) is 0.517. The number of hydrogen-bond acceptors (Lipinski definition) is 10. The van der Waals surface area contributed by atoms with E-state index in [1.165, 1.54) is 22.8 Å². The summed E-state index contributed by atoms with van der Waals surface area (Å²) in [6.45, 7) is 5.79. The van der Waals surface area contributed by atoms with Crippen molar-refractivity contribution in [3.8, 4) is 6.07 Å². The number of pyridine rings is 1. The first-order valence-corrected chi connectivity index (χ1v) is 15.4. The molecule has 2 aromatic rings. The van der Waals surface area contributed by atoms with Crippen LogP contribution in [-0.4, -0.2) is 61.6 Å². The van der Waals surface area contributed by atoms with Gasteiger partial charge < -0.3 is 23.5 Å². The maximum Gasteiger partial charge on any atom is 0.355 e. The first kappa shape index (κ1) is 29.9. The molecular weight excluding hydrogens is 566 g/mol. The second-order valence-electron chi connectivity index (χ2n) is 10.5. The number of nitriles is 1. The molecule has 0 saturated carbocycles. The van der Waals surface area contributed by atoms with E-state index in [-0.39, 0.29) is 48.6 Å². The zero-order valence-corrected chi connectivity index (χ0v) is 24.6. The Morgan fingerprint density at radius 1 is 1.17 bits per heavy atom. The largest absolute Gasteiger partial charge is 0.463 e. The van der Waals surface area contributed by atoms with Crippen molar-refractivity contribution >= 4 is 22.0 Å². The number of sulfonamides is 1. The summed E-state index contributed by atoms with van der Waals surface area (Å²) in [5.41, 5.74) is -2.24. The number of benzene rings is 1. The standard InChI is InChI=1S/C29H33N3O9S/c1-4-28(27(35)38-5-2,22-17-24-29(39-15-16-40-29)12-14-31(24)25(33)21(22)18-30)41-26(34)23-7-6-13-32(23)42(36,37)20-10-8-19(3)9-11-20/h8-11,17,23H,4-7,12-16H2,1-3H3. The van der Waals surface area contributed by atoms with E-state index in [2.05, 4.69) is 0 Å². The third-order valence-electron chi connectivity index (χ3n) is 8.14. The molecule has 0 N–H and O–H groups in total. The third-order valence-corrected chi connectivity index (χ3v) is 10.1. The first-order valence-electron chi connectivity index (χ1n) is 14.0. The van der Waals surface area contributed by atoms with Crippen molar-refractivity contribution in [2.75, 3.05) is 26.4 Å². The highest BCUT2D eigenvalue weighted by atomic mass is 32.2. The number of aryl methyl sites for hydroxylation is 1. The molecule has 1 aromatic carbocycles. The smallest absolute Gasteiger partial charge is 0.355 e. The van der Waals surface area contributed by atoms with Crippen LogP contribution in [0.15, 0.2) is 40.0 Å². The predicted octanol–water partition coefficient (Wildman–Crippen LogP) is 2.20. The molecule has 0 aliphatic carbocycles. The van der Waals surface area contributed by atoms with Crippen molar-refractivity contribution < 1.29 is 37.0 Å². The van der Waals surface area contributed by atoms with Crippen molar-refractivity contribution in [3.05, 3.63) is 63.1 Å². The summed E-state index contributed by atoms with van der Waals surface area (Å²) < 4.78 is 52.5. The summed E-state index contributed by atoms with van der Waals surface area (Å²) in [7, 11) is -4.07. The lowest BCUT2D eigenvalue weighted by atomic mass is 9.86. The van der Waals surface area contributed by atoms with Crippen LogP contribution in [0.5, 0.6) is 0 Å². The lowest BCUT2D eigenvalue weighted by Crippen LogP contribution is -2.49. The minimum Gasteiger partial charge on any atom is -0.463 e. The normalized spacial score (nSPS) is 21.0. The second kappa shape index (κ2) is 11.3. The lowest BCUT2D eigenvalue weighted by Gasteiger charge is -2.34. The van der Waals surface area contributed by atoms with E-state index in [9.17, 15) is 28.1 Å². The molecule has 224 valence electrons. The number of ether oxygens (including phenoxy) is 4. The highest BCUT2D eigenvalue weighted by Gasteiger charge is 2.53. The molecule has 1 spiro atoms. The van der Waals surface area contributed by atoms with Crippen LogP contribution in [0.25, 0.3) is 0 Å². The van der Waals surface area contributed by atoms with Gasteiger partial charge in [0.1, 0.15) is 17.7 Å². The predicted molar refractivity (Wildman–Crippen MR) is 146 cm³/mol. The van der Waals surface area contributed by atoms with Crippen molar-refractivity contribution in [1.82, 2.24) is 8.87 Å². The van der Waals surface area contributed by atoms with E-state index in [4.69, 9.17) is 18.9 Å². The average Bonchev–Trinajstić information content (AvgIpc) is 3.74. The molecule has 0 radical (unpaired) electrons. The highest BCUT2D eigenvalue weighted by molar-refractivity contribution is 7.89. The molecular formula is C29H33N3O9S. The van der Waals surface area contributed by atoms with Gasteiger partial charge in [0.2, 0.25) is 21.4 Å². The van der Waals surface area contributed by atoms with Crippen LogP contribution in [0.3, 0.4) is 0 Å². The van der Waals surface area contributed by atoms with Crippen LogP contribution in [0.1, 0.15) is 61.9 Å². The van der Waals surface area contributed by atoms with Crippen molar-refractivity contribution in [2.45, 2.75) is 75.3 Å². The highest BCUT2D eigenvalue weighted by Crippen LogP contribution is 2.43. The van der Waals surface area contributed by atoms with Gasteiger partial charge in [-0.2, -0.15) is 9.57 Å². The molecule has 13 heteroatoms. The lowest BCUT2D eigenvalue weighted by molar-refractivity contribution is -0.187. The number of esters is 2. The number of carbonyl (C=O) groups excluding carboxylic acids is 2. The summed E-state index contributed by atoms with van der Waals surface area (Å²) in [6, 6.07) is 8.38. The van der Waals surface area contributed by atoms with Crippen molar-refractivity contribution in [3.63, 3.8) is 0 Å². The molecule has 2 fully saturated rings. The quantitative estimate of drug-likeness (QED) is 0.413. The summed E-state index contributed by atoms with van der Waals surface area (Å²) in [6.07, 6.45) is 0.684. The number of nitrogens with zero attached hydrogens (tertiary/aromatic N) is 3. The summed E-state index contributed by atoms with van der Waals surface area (Å²) in [5, 5.41) is 10.1. The fourth-order valence-corrected chi connectivity index (χ4v) is 7.60. The Hall–Kier alpha value is -3.57. The van der Waals surface area contributed by atoms with E-state index in [1.54, 1.807) is 26.0 Å². The number of fused-ring (bicyclic) bond motifs is 2. The van der Waals surface area contributed by atoms with E-state index in [1.807, 2.05) is 13.0 Å². The van der Waals surface area contributed by atoms with E-state index >= 15 is 0 Å². The zero-order valence-electron chi connectivity index (χ0n) is 23.8. The Morgan fingerprint density at radius 3 is 2.48 bits per heavy atom. The molecule has 2 unspecified atom stereocenters. The molecule has 12 nitrogen and oxygen atoms in total. The molecule has 3 aliphatic rings. The van der Waals surface area contributed by atoms with Gasteiger partial charge in [0.05, 0.1) is 30.4 Å². The van der Waals surface area contributed by atoms with Crippen LogP contribution < -0.4 is 5.56 Å². The van der Waals surface area contributed by atoms with Gasteiger partial charge in [-0.15, -0.1) is 0 Å². The van der Waals surface area contributed by atoms with Crippen LogP contribution in [-0.2, 0) is 56.5 Å². The molecule has 42 heavy (non-hydrogen) atoms. The molecule has 4 heterocycles. The molecule has 0 bridgehead atoms. The van der Waals surface area contributed by atoms with Gasteiger partial charge >= 0.3 is 11.9 Å². The van der Waals surface area contributed by atoms with Gasteiger partial charge in [-0.3, -0.25) is 9.59 Å². The van der Waals surface area contributed by atoms with Crippen LogP contribution >= 0.6 is 0 Å². The van der Waals surface area contributed by atoms with Gasteiger partial charge in [-0.25, -0.2) is 13.2 Å². The zero-order chi connectivity index (χ0) is 30.3. The van der Waals surface area contributed by atoms with E-state index in [0.717, 1.165) is 9.87 Å². The second-order valence-corrected chi connectivity index (χ2v) is 12.4. The van der Waals surface area contributed by atoms with Crippen molar-refractivity contribution in [2.24, 2.45) is 0 Å². The summed E-state index contributed by atoms with van der Waals surface area (Å²) >= 11 is 0. The van der Waals surface area contributed by atoms with Gasteiger partial charge in [-0.05, 0) is 51.3 Å². The number of hydrogen-bond donors (Lipinski definition) is 0. The molecule has 2 atom stereocenters. The Labute approximate surface area is 243 Å². The number of aromatic nitrogens is 1. The fourth-order valence-electron chi connectivity index (χ4n) is 5.95. The van der Waals surface area contributed by atoms with Gasteiger partial charge in [0.25, 0.3) is 5.56 Å². The minimum atomic E-state index is -4.07. The monoisotopic (exact) mass is 599 g/mol. The topological polar surface area (TPSA) is 154 Å². The SMILES string of the molecule is CCOC(=O)C(CC)(OC(=O)C1CCCN1S(=O)(=O)c1ccc(C)cc1)c1cc2n(c(=O)c1C#N)CCC21OCCO1. The van der Waals surface area contributed by atoms with Gasteiger partial charge in [0, 0.05) is 25.1 Å². The molecule has 5 rings (SSSR count). The molecule has 0 amide bonds. The van der Waals surface area contributed by atoms with E-state index < -0.39 is 45.0 Å². The summed E-state index contributed by atoms with van der Waals surface area (Å²) in [4.78, 5) is 41.1. The van der Waals surface area contributed by atoms with Crippen LogP contribution in [0.2, 0.25) is 0 Å².